The maximum atomic E-state index is 2.45. The summed E-state index contributed by atoms with van der Waals surface area (Å²) >= 11 is 0. The molecule has 0 N–H and O–H groups in total. The molecule has 0 aromatic heterocycles. The maximum absolute atomic E-state index is 2.45. The molecule has 1 heteroatoms. The minimum absolute atomic E-state index is 0.0621. The first kappa shape index (κ1) is 36.1. The predicted octanol–water partition coefficient (Wildman–Crippen LogP) is 15.4. The Hall–Kier alpha value is -4.88. The molecule has 0 radical (unpaired) electrons. The van der Waals surface area contributed by atoms with Crippen LogP contribution in [0.2, 0.25) is 0 Å². The molecule has 0 saturated heterocycles. The second kappa shape index (κ2) is 13.8. The van der Waals surface area contributed by atoms with E-state index in [9.17, 15) is 0 Å². The summed E-state index contributed by atoms with van der Waals surface area (Å²) in [5.74, 6) is 0.687. The van der Waals surface area contributed by atoms with E-state index >= 15 is 0 Å². The van der Waals surface area contributed by atoms with E-state index in [0.717, 1.165) is 0 Å². The topological polar surface area (TPSA) is 3.24 Å². The van der Waals surface area contributed by atoms with E-state index in [4.69, 9.17) is 0 Å². The molecule has 1 nitrogen and oxygen atoms in total. The minimum atomic E-state index is -0.0621. The first-order chi connectivity index (χ1) is 25.8. The van der Waals surface area contributed by atoms with Crippen LogP contribution >= 0.6 is 0 Å². The Kier molecular flexibility index (Phi) is 9.20. The van der Waals surface area contributed by atoms with Crippen LogP contribution in [-0.2, 0) is 16.2 Å². The van der Waals surface area contributed by atoms with E-state index in [0.29, 0.717) is 5.92 Å². The van der Waals surface area contributed by atoms with Crippen molar-refractivity contribution in [2.45, 2.75) is 110 Å². The lowest BCUT2D eigenvalue weighted by Crippen LogP contribution is -2.16. The Morgan fingerprint density at radius 1 is 0.463 bits per heavy atom. The summed E-state index contributed by atoms with van der Waals surface area (Å²) in [6, 6.07) is 51.0. The summed E-state index contributed by atoms with van der Waals surface area (Å²) in [5.41, 5.74) is 18.4. The van der Waals surface area contributed by atoms with Gasteiger partial charge in [0.25, 0.3) is 0 Å². The van der Waals surface area contributed by atoms with Crippen LogP contribution in [-0.4, -0.2) is 0 Å². The van der Waals surface area contributed by atoms with Gasteiger partial charge in [-0.05, 0) is 133 Å². The van der Waals surface area contributed by atoms with E-state index in [1.807, 2.05) is 0 Å². The van der Waals surface area contributed by atoms with Crippen molar-refractivity contribution in [1.82, 2.24) is 0 Å². The van der Waals surface area contributed by atoms with Crippen LogP contribution in [0.1, 0.15) is 121 Å². The zero-order valence-corrected chi connectivity index (χ0v) is 33.8. The number of fused-ring (bicyclic) bond motifs is 3. The van der Waals surface area contributed by atoms with E-state index in [1.165, 1.54) is 110 Å². The largest absolute Gasteiger partial charge is 0.310 e. The SMILES string of the molecule is CC(C)(C)c1cc(-c2cccc(-c3ccc(N(c4ccc(C5CCCCC5)cc4)c4ccc5c(c4)C(C)(C)c4ccccc4-5)cc3)c2)cc(C(C)(C)C)c1. The Morgan fingerprint density at radius 2 is 1.02 bits per heavy atom. The normalized spacial score (nSPS) is 15.5. The Balaban J connectivity index is 1.17. The molecule has 0 unspecified atom stereocenters. The fourth-order valence-electron chi connectivity index (χ4n) is 8.95. The average Bonchev–Trinajstić information content (AvgIpc) is 3.40. The second-order valence-corrected chi connectivity index (χ2v) is 18.6. The van der Waals surface area contributed by atoms with Crippen molar-refractivity contribution in [3.8, 4) is 33.4 Å². The second-order valence-electron chi connectivity index (χ2n) is 18.6. The van der Waals surface area contributed by atoms with Gasteiger partial charge in [-0.25, -0.2) is 0 Å². The van der Waals surface area contributed by atoms with Crippen LogP contribution in [0.15, 0.2) is 133 Å². The van der Waals surface area contributed by atoms with Gasteiger partial charge in [-0.15, -0.1) is 0 Å². The molecule has 0 aliphatic heterocycles. The first-order valence-corrected chi connectivity index (χ1v) is 20.3. The molecule has 0 heterocycles. The quantitative estimate of drug-likeness (QED) is 0.167. The third kappa shape index (κ3) is 6.83. The van der Waals surface area contributed by atoms with Gasteiger partial charge in [0.1, 0.15) is 0 Å². The molecule has 6 aromatic carbocycles. The van der Waals surface area contributed by atoms with Gasteiger partial charge in [0.2, 0.25) is 0 Å². The van der Waals surface area contributed by atoms with E-state index in [2.05, 4.69) is 194 Å². The van der Waals surface area contributed by atoms with Crippen molar-refractivity contribution in [2.24, 2.45) is 0 Å². The first-order valence-electron chi connectivity index (χ1n) is 20.3. The summed E-state index contributed by atoms with van der Waals surface area (Å²) in [4.78, 5) is 2.45. The van der Waals surface area contributed by atoms with Gasteiger partial charge in [-0.2, -0.15) is 0 Å². The number of benzene rings is 6. The van der Waals surface area contributed by atoms with E-state index in [-0.39, 0.29) is 16.2 Å². The van der Waals surface area contributed by atoms with Gasteiger partial charge in [0.15, 0.2) is 0 Å². The van der Waals surface area contributed by atoms with Gasteiger partial charge in [0, 0.05) is 22.5 Å². The van der Waals surface area contributed by atoms with Gasteiger partial charge in [-0.1, -0.05) is 166 Å². The highest BCUT2D eigenvalue weighted by Crippen LogP contribution is 2.51. The fourth-order valence-corrected chi connectivity index (χ4v) is 8.95. The van der Waals surface area contributed by atoms with Crippen molar-refractivity contribution in [3.05, 3.63) is 161 Å². The number of hydrogen-bond acceptors (Lipinski definition) is 1. The Bertz CT molecular complexity index is 2250. The van der Waals surface area contributed by atoms with Gasteiger partial charge >= 0.3 is 0 Å². The van der Waals surface area contributed by atoms with Crippen molar-refractivity contribution in [2.75, 3.05) is 4.90 Å². The number of rotatable bonds is 6. The molecule has 2 aliphatic carbocycles. The van der Waals surface area contributed by atoms with Gasteiger partial charge in [-0.3, -0.25) is 0 Å². The highest BCUT2D eigenvalue weighted by Gasteiger charge is 2.35. The van der Waals surface area contributed by atoms with Crippen LogP contribution in [0, 0.1) is 0 Å². The zero-order chi connectivity index (χ0) is 37.8. The van der Waals surface area contributed by atoms with Gasteiger partial charge in [0.05, 0.1) is 0 Å². The highest BCUT2D eigenvalue weighted by molar-refractivity contribution is 5.86. The fraction of sp³-hybridized carbons (Fsp3) is 0.321. The Morgan fingerprint density at radius 3 is 1.65 bits per heavy atom. The lowest BCUT2D eigenvalue weighted by atomic mass is 9.79. The summed E-state index contributed by atoms with van der Waals surface area (Å²) in [6.45, 7) is 18.6. The molecule has 0 amide bonds. The summed E-state index contributed by atoms with van der Waals surface area (Å²) < 4.78 is 0. The van der Waals surface area contributed by atoms with Crippen LogP contribution < -0.4 is 4.90 Å². The molecule has 0 bridgehead atoms. The van der Waals surface area contributed by atoms with Crippen molar-refractivity contribution in [3.63, 3.8) is 0 Å². The summed E-state index contributed by atoms with van der Waals surface area (Å²) in [5, 5.41) is 0. The molecule has 1 saturated carbocycles. The molecule has 54 heavy (non-hydrogen) atoms. The molecule has 0 atom stereocenters. The molecule has 274 valence electrons. The van der Waals surface area contributed by atoms with Crippen LogP contribution in [0.5, 0.6) is 0 Å². The third-order valence-electron chi connectivity index (χ3n) is 12.4. The lowest BCUT2D eigenvalue weighted by Gasteiger charge is -2.29. The molecule has 8 rings (SSSR count). The van der Waals surface area contributed by atoms with E-state index < -0.39 is 0 Å². The molecule has 1 fully saturated rings. The number of nitrogens with zero attached hydrogens (tertiary/aromatic N) is 1. The number of hydrogen-bond donors (Lipinski definition) is 0. The molecular weight excluding hydrogens is 651 g/mol. The van der Waals surface area contributed by atoms with Crippen LogP contribution in [0.4, 0.5) is 17.1 Å². The standard InChI is InChI=1S/C53H57N/c1-51(2,3)42-32-41(33-43(34-42)52(4,5)6)40-18-14-17-39(31-40)38-23-27-45(28-24-38)54(44-25-21-37(22-26-44)36-15-10-9-11-16-36)46-29-30-48-47-19-12-13-20-49(47)53(7,8)50(48)35-46/h12-14,17-36H,9-11,15-16H2,1-8H3. The van der Waals surface area contributed by atoms with Gasteiger partial charge < -0.3 is 4.90 Å². The summed E-state index contributed by atoms with van der Waals surface area (Å²) in [6.07, 6.45) is 6.70. The van der Waals surface area contributed by atoms with Crippen molar-refractivity contribution in [1.29, 1.82) is 0 Å². The van der Waals surface area contributed by atoms with Crippen LogP contribution in [0.25, 0.3) is 33.4 Å². The third-order valence-corrected chi connectivity index (χ3v) is 12.4. The molecular formula is C53H57N. The Labute approximate surface area is 325 Å². The van der Waals surface area contributed by atoms with Crippen molar-refractivity contribution < 1.29 is 0 Å². The molecule has 2 aliphatic rings. The molecule has 0 spiro atoms. The van der Waals surface area contributed by atoms with E-state index in [1.54, 1.807) is 0 Å². The summed E-state index contributed by atoms with van der Waals surface area (Å²) in [7, 11) is 0. The minimum Gasteiger partial charge on any atom is -0.310 e. The van der Waals surface area contributed by atoms with Crippen molar-refractivity contribution >= 4 is 17.1 Å². The predicted molar refractivity (Wildman–Crippen MR) is 233 cm³/mol. The lowest BCUT2D eigenvalue weighted by molar-refractivity contribution is 0.443. The number of anilines is 3. The maximum Gasteiger partial charge on any atom is 0.0465 e. The van der Waals surface area contributed by atoms with Crippen LogP contribution in [0.3, 0.4) is 0 Å². The monoisotopic (exact) mass is 707 g/mol. The average molecular weight is 708 g/mol. The zero-order valence-electron chi connectivity index (χ0n) is 33.8. The smallest absolute Gasteiger partial charge is 0.0465 e. The highest BCUT2D eigenvalue weighted by atomic mass is 15.1. The molecule has 6 aromatic rings.